The van der Waals surface area contributed by atoms with Crippen LogP contribution >= 0.6 is 27.5 Å². The van der Waals surface area contributed by atoms with Crippen LogP contribution in [0.25, 0.3) is 0 Å². The largest absolute Gasteiger partial charge is 0.492 e. The molecule has 0 unspecified atom stereocenters. The predicted octanol–water partition coefficient (Wildman–Crippen LogP) is 0.977. The number of alkyl halides is 1. The van der Waals surface area contributed by atoms with Crippen LogP contribution in [0.4, 0.5) is 0 Å². The van der Waals surface area contributed by atoms with E-state index in [4.69, 9.17) is 16.7 Å². The number of aromatic amines is 1. The third kappa shape index (κ3) is 1.72. The molecule has 1 aromatic heterocycles. The number of hydrogen-bond donors (Lipinski definition) is 2. The van der Waals surface area contributed by atoms with Crippen molar-refractivity contribution in [1.29, 1.82) is 0 Å². The molecule has 0 bridgehead atoms. The van der Waals surface area contributed by atoms with Crippen molar-refractivity contribution < 1.29 is 5.11 Å². The maximum absolute atomic E-state index is 10.9. The highest BCUT2D eigenvalue weighted by Crippen LogP contribution is 2.14. The van der Waals surface area contributed by atoms with Crippen LogP contribution in [0.1, 0.15) is 5.82 Å². The van der Waals surface area contributed by atoms with E-state index in [0.29, 0.717) is 0 Å². The molecule has 0 aliphatic heterocycles. The van der Waals surface area contributed by atoms with Crippen LogP contribution in [0.15, 0.2) is 9.27 Å². The summed E-state index contributed by atoms with van der Waals surface area (Å²) in [4.78, 5) is 16.8. The zero-order valence-corrected chi connectivity index (χ0v) is 7.61. The summed E-state index contributed by atoms with van der Waals surface area (Å²) in [5.41, 5.74) is -0.437. The SMILES string of the molecule is O=c1[nH]c(CCl)nc(O)c1Br. The molecule has 0 saturated carbocycles. The van der Waals surface area contributed by atoms with E-state index in [9.17, 15) is 4.79 Å². The molecule has 1 heterocycles. The normalized spacial score (nSPS) is 10.0. The van der Waals surface area contributed by atoms with Gasteiger partial charge in [-0.1, -0.05) is 0 Å². The van der Waals surface area contributed by atoms with Gasteiger partial charge in [0.1, 0.15) is 10.3 Å². The molecule has 1 rings (SSSR count). The number of aromatic nitrogens is 2. The number of rotatable bonds is 1. The van der Waals surface area contributed by atoms with Gasteiger partial charge >= 0.3 is 0 Å². The van der Waals surface area contributed by atoms with Crippen molar-refractivity contribution in [2.24, 2.45) is 0 Å². The molecule has 0 aromatic carbocycles. The Hall–Kier alpha value is -0.550. The Balaban J connectivity index is 3.32. The lowest BCUT2D eigenvalue weighted by Gasteiger charge is -1.96. The zero-order valence-electron chi connectivity index (χ0n) is 5.27. The molecule has 0 radical (unpaired) electrons. The summed E-state index contributed by atoms with van der Waals surface area (Å²) in [6.07, 6.45) is 0. The Labute approximate surface area is 75.4 Å². The van der Waals surface area contributed by atoms with Gasteiger partial charge in [-0.2, -0.15) is 4.98 Å². The third-order valence-electron chi connectivity index (χ3n) is 1.02. The van der Waals surface area contributed by atoms with Crippen molar-refractivity contribution >= 4 is 27.5 Å². The first-order chi connectivity index (χ1) is 5.15. The summed E-state index contributed by atoms with van der Waals surface area (Å²) in [7, 11) is 0. The van der Waals surface area contributed by atoms with Gasteiger partial charge in [-0.25, -0.2) is 0 Å². The van der Waals surface area contributed by atoms with E-state index in [-0.39, 0.29) is 22.1 Å². The van der Waals surface area contributed by atoms with Crippen LogP contribution < -0.4 is 5.56 Å². The van der Waals surface area contributed by atoms with Gasteiger partial charge < -0.3 is 10.1 Å². The molecule has 4 nitrogen and oxygen atoms in total. The van der Waals surface area contributed by atoms with Crippen molar-refractivity contribution in [2.75, 3.05) is 0 Å². The van der Waals surface area contributed by atoms with Crippen molar-refractivity contribution in [3.63, 3.8) is 0 Å². The highest BCUT2D eigenvalue weighted by atomic mass is 79.9. The lowest BCUT2D eigenvalue weighted by Crippen LogP contribution is -2.10. The Morgan fingerprint density at radius 1 is 1.73 bits per heavy atom. The van der Waals surface area contributed by atoms with E-state index >= 15 is 0 Å². The van der Waals surface area contributed by atoms with Gasteiger partial charge in [0.15, 0.2) is 0 Å². The molecule has 11 heavy (non-hydrogen) atoms. The quantitative estimate of drug-likeness (QED) is 0.718. The molecule has 0 spiro atoms. The average Bonchev–Trinajstić information content (AvgIpc) is 1.99. The predicted molar refractivity (Wildman–Crippen MR) is 43.8 cm³/mol. The smallest absolute Gasteiger partial charge is 0.269 e. The fourth-order valence-corrected chi connectivity index (χ4v) is 0.870. The van der Waals surface area contributed by atoms with E-state index in [2.05, 4.69) is 25.9 Å². The third-order valence-corrected chi connectivity index (χ3v) is 1.99. The summed E-state index contributed by atoms with van der Waals surface area (Å²) in [5.74, 6) is -0.0300. The summed E-state index contributed by atoms with van der Waals surface area (Å²) in [6.45, 7) is 0. The maximum atomic E-state index is 10.9. The van der Waals surface area contributed by atoms with Crippen LogP contribution in [0.5, 0.6) is 5.88 Å². The molecule has 1 aromatic rings. The monoisotopic (exact) mass is 238 g/mol. The van der Waals surface area contributed by atoms with Crippen LogP contribution in [0, 0.1) is 0 Å². The minimum Gasteiger partial charge on any atom is -0.492 e. The van der Waals surface area contributed by atoms with Crippen LogP contribution in [-0.2, 0) is 5.88 Å². The van der Waals surface area contributed by atoms with Gasteiger partial charge in [0.25, 0.3) is 5.56 Å². The fourth-order valence-electron chi connectivity index (χ4n) is 0.556. The highest BCUT2D eigenvalue weighted by molar-refractivity contribution is 9.10. The van der Waals surface area contributed by atoms with E-state index in [1.807, 2.05) is 0 Å². The Bertz CT molecular complexity index is 325. The number of halogens is 2. The van der Waals surface area contributed by atoms with Crippen LogP contribution in [0.3, 0.4) is 0 Å². The standard InChI is InChI=1S/C5H4BrClN2O2/c6-3-4(10)8-2(1-7)9-5(3)11/h1H2,(H2,8,9,10,11). The summed E-state index contributed by atoms with van der Waals surface area (Å²) in [6, 6.07) is 0. The second-order valence-electron chi connectivity index (χ2n) is 1.78. The summed E-state index contributed by atoms with van der Waals surface area (Å²) < 4.78 is 0.0198. The molecular weight excluding hydrogens is 235 g/mol. The first kappa shape index (κ1) is 8.55. The molecule has 0 atom stereocenters. The lowest BCUT2D eigenvalue weighted by atomic mass is 10.6. The van der Waals surface area contributed by atoms with Gasteiger partial charge in [0, 0.05) is 0 Å². The average molecular weight is 239 g/mol. The van der Waals surface area contributed by atoms with E-state index in [1.54, 1.807) is 0 Å². The van der Waals surface area contributed by atoms with Gasteiger partial charge in [-0.05, 0) is 15.9 Å². The molecule has 0 aliphatic rings. The molecule has 6 heteroatoms. The second kappa shape index (κ2) is 3.23. The van der Waals surface area contributed by atoms with E-state index in [0.717, 1.165) is 0 Å². The Morgan fingerprint density at radius 3 is 2.82 bits per heavy atom. The molecule has 60 valence electrons. The highest BCUT2D eigenvalue weighted by Gasteiger charge is 2.05. The number of aromatic hydroxyl groups is 1. The van der Waals surface area contributed by atoms with Crippen molar-refractivity contribution in [3.8, 4) is 5.88 Å². The zero-order chi connectivity index (χ0) is 8.43. The molecule has 2 N–H and O–H groups in total. The van der Waals surface area contributed by atoms with Gasteiger partial charge in [0.05, 0.1) is 5.88 Å². The number of nitrogens with one attached hydrogen (secondary N) is 1. The first-order valence-electron chi connectivity index (χ1n) is 2.68. The van der Waals surface area contributed by atoms with Crippen molar-refractivity contribution in [1.82, 2.24) is 9.97 Å². The second-order valence-corrected chi connectivity index (χ2v) is 2.84. The Kier molecular flexibility index (Phi) is 2.51. The van der Waals surface area contributed by atoms with Crippen LogP contribution in [-0.4, -0.2) is 15.1 Å². The summed E-state index contributed by atoms with van der Waals surface area (Å²) >= 11 is 8.21. The lowest BCUT2D eigenvalue weighted by molar-refractivity contribution is 0.444. The Morgan fingerprint density at radius 2 is 2.36 bits per heavy atom. The fraction of sp³-hybridized carbons (Fsp3) is 0.200. The molecule has 0 saturated heterocycles. The number of H-pyrrole nitrogens is 1. The topological polar surface area (TPSA) is 66.0 Å². The first-order valence-corrected chi connectivity index (χ1v) is 4.01. The van der Waals surface area contributed by atoms with Crippen LogP contribution in [0.2, 0.25) is 0 Å². The number of nitrogens with zero attached hydrogens (tertiary/aromatic N) is 1. The minimum absolute atomic E-state index is 0.0198. The summed E-state index contributed by atoms with van der Waals surface area (Å²) in [5, 5.41) is 8.98. The number of hydrogen-bond acceptors (Lipinski definition) is 3. The molecular formula is C5H4BrClN2O2. The molecule has 0 fully saturated rings. The van der Waals surface area contributed by atoms with Gasteiger partial charge in [-0.3, -0.25) is 4.79 Å². The van der Waals surface area contributed by atoms with Crippen molar-refractivity contribution in [2.45, 2.75) is 5.88 Å². The van der Waals surface area contributed by atoms with Crippen molar-refractivity contribution in [3.05, 3.63) is 20.7 Å². The minimum atomic E-state index is -0.437. The van der Waals surface area contributed by atoms with E-state index in [1.165, 1.54) is 0 Å². The van der Waals surface area contributed by atoms with E-state index < -0.39 is 5.56 Å². The van der Waals surface area contributed by atoms with Gasteiger partial charge in [-0.15, -0.1) is 11.6 Å². The maximum Gasteiger partial charge on any atom is 0.269 e. The van der Waals surface area contributed by atoms with Gasteiger partial charge in [0.2, 0.25) is 5.88 Å². The molecule has 0 aliphatic carbocycles. The molecule has 0 amide bonds.